The molecule has 0 aromatic rings. The van der Waals surface area contributed by atoms with Gasteiger partial charge in [0.1, 0.15) is 0 Å². The number of carbonyl (C=O) groups is 2. The van der Waals surface area contributed by atoms with Crippen LogP contribution >= 0.6 is 0 Å². The number of rotatable bonds is 6. The second-order valence-electron chi connectivity index (χ2n) is 5.30. The number of nitrogens with two attached hydrogens (primary N) is 1. The summed E-state index contributed by atoms with van der Waals surface area (Å²) in [5.74, 6) is 0.154. The molecule has 0 spiro atoms. The number of amides is 2. The minimum Gasteiger partial charge on any atom is -0.380 e. The Morgan fingerprint density at radius 1 is 1.15 bits per heavy atom. The molecule has 1 heterocycles. The lowest BCUT2D eigenvalue weighted by molar-refractivity contribution is -0.141. The maximum atomic E-state index is 12.1. The third kappa shape index (κ3) is 5.07. The number of hydrogen-bond acceptors (Lipinski definition) is 5. The van der Waals surface area contributed by atoms with Crippen LogP contribution in [0.25, 0.3) is 0 Å². The van der Waals surface area contributed by atoms with Crippen molar-refractivity contribution in [3.05, 3.63) is 0 Å². The first-order valence-electron chi connectivity index (χ1n) is 6.91. The first kappa shape index (κ1) is 16.9. The van der Waals surface area contributed by atoms with E-state index in [0.717, 1.165) is 0 Å². The fourth-order valence-corrected chi connectivity index (χ4v) is 2.16. The fourth-order valence-electron chi connectivity index (χ4n) is 2.16. The van der Waals surface area contributed by atoms with Gasteiger partial charge in [0, 0.05) is 39.8 Å². The van der Waals surface area contributed by atoms with Gasteiger partial charge >= 0.3 is 0 Å². The van der Waals surface area contributed by atoms with Gasteiger partial charge in [-0.15, -0.1) is 0 Å². The predicted molar refractivity (Wildman–Crippen MR) is 76.2 cm³/mol. The zero-order chi connectivity index (χ0) is 15.1. The molecule has 116 valence electrons. The van der Waals surface area contributed by atoms with Crippen LogP contribution < -0.4 is 5.73 Å². The Morgan fingerprint density at radius 3 is 2.05 bits per heavy atom. The van der Waals surface area contributed by atoms with E-state index in [4.69, 9.17) is 10.5 Å². The Hall–Kier alpha value is -1.18. The van der Waals surface area contributed by atoms with Gasteiger partial charge < -0.3 is 25.2 Å². The van der Waals surface area contributed by atoms with Crippen molar-refractivity contribution in [2.75, 3.05) is 60.5 Å². The summed E-state index contributed by atoms with van der Waals surface area (Å²) >= 11 is 0. The average Bonchev–Trinajstić information content (AvgIpc) is 2.43. The molecular weight excluding hydrogens is 260 g/mol. The molecule has 1 aliphatic rings. The molecule has 0 aromatic heterocycles. The van der Waals surface area contributed by atoms with E-state index in [1.807, 2.05) is 19.0 Å². The summed E-state index contributed by atoms with van der Waals surface area (Å²) in [4.78, 5) is 29.4. The molecule has 1 saturated heterocycles. The summed E-state index contributed by atoms with van der Waals surface area (Å²) in [5, 5.41) is 0. The van der Waals surface area contributed by atoms with Crippen molar-refractivity contribution in [2.45, 2.75) is 12.5 Å². The highest BCUT2D eigenvalue weighted by atomic mass is 16.5. The Labute approximate surface area is 120 Å². The van der Waals surface area contributed by atoms with Gasteiger partial charge in [-0.1, -0.05) is 0 Å². The van der Waals surface area contributed by atoms with Crippen molar-refractivity contribution in [1.82, 2.24) is 14.7 Å². The highest BCUT2D eigenvalue weighted by Gasteiger charge is 2.25. The van der Waals surface area contributed by atoms with Gasteiger partial charge in [-0.2, -0.15) is 0 Å². The first-order valence-corrected chi connectivity index (χ1v) is 6.91. The minimum atomic E-state index is -0.226. The van der Waals surface area contributed by atoms with Gasteiger partial charge in [0.2, 0.25) is 11.8 Å². The molecule has 1 unspecified atom stereocenters. The molecule has 1 atom stereocenters. The molecule has 1 rings (SSSR count). The molecule has 2 amide bonds. The maximum absolute atomic E-state index is 12.1. The zero-order valence-electron chi connectivity index (χ0n) is 12.7. The number of likely N-dealkylation sites (N-methyl/N-ethyl adjacent to an activating group) is 1. The van der Waals surface area contributed by atoms with Crippen molar-refractivity contribution in [2.24, 2.45) is 5.73 Å². The quantitative estimate of drug-likeness (QED) is 0.648. The van der Waals surface area contributed by atoms with Crippen LogP contribution in [-0.4, -0.2) is 93.1 Å². The number of ether oxygens (including phenoxy) is 1. The maximum Gasteiger partial charge on any atom is 0.236 e. The number of methoxy groups -OCH3 is 1. The summed E-state index contributed by atoms with van der Waals surface area (Å²) in [7, 11) is 5.30. The number of carbonyl (C=O) groups excluding carboxylic acids is 2. The van der Waals surface area contributed by atoms with E-state index in [2.05, 4.69) is 0 Å². The molecule has 2 N–H and O–H groups in total. The smallest absolute Gasteiger partial charge is 0.236 e. The predicted octanol–water partition coefficient (Wildman–Crippen LogP) is -1.42. The molecular formula is C13H26N4O3. The molecule has 1 fully saturated rings. The van der Waals surface area contributed by atoms with Crippen molar-refractivity contribution in [3.8, 4) is 0 Å². The van der Waals surface area contributed by atoms with Gasteiger partial charge in [-0.05, 0) is 14.1 Å². The molecule has 0 aromatic carbocycles. The monoisotopic (exact) mass is 286 g/mol. The third-order valence-corrected chi connectivity index (χ3v) is 3.44. The van der Waals surface area contributed by atoms with Crippen LogP contribution in [0.15, 0.2) is 0 Å². The van der Waals surface area contributed by atoms with Gasteiger partial charge in [-0.25, -0.2) is 0 Å². The topological polar surface area (TPSA) is 79.1 Å². The van der Waals surface area contributed by atoms with Crippen LogP contribution in [0.2, 0.25) is 0 Å². The van der Waals surface area contributed by atoms with E-state index in [9.17, 15) is 9.59 Å². The van der Waals surface area contributed by atoms with Crippen molar-refractivity contribution < 1.29 is 14.3 Å². The lowest BCUT2D eigenvalue weighted by Gasteiger charge is -2.35. The van der Waals surface area contributed by atoms with Crippen LogP contribution in [0.1, 0.15) is 6.42 Å². The lowest BCUT2D eigenvalue weighted by atomic mass is 10.2. The van der Waals surface area contributed by atoms with Crippen molar-refractivity contribution in [1.29, 1.82) is 0 Å². The van der Waals surface area contributed by atoms with E-state index in [1.54, 1.807) is 16.9 Å². The molecule has 20 heavy (non-hydrogen) atoms. The SMILES string of the molecule is COC(CN)CC(=O)N1CCN(C(=O)CN(C)C)CC1. The Balaban J connectivity index is 2.38. The van der Waals surface area contributed by atoms with Gasteiger partial charge in [0.05, 0.1) is 19.1 Å². The van der Waals surface area contributed by atoms with E-state index in [-0.39, 0.29) is 17.9 Å². The standard InChI is InChI=1S/C13H26N4O3/c1-15(2)10-13(19)17-6-4-16(5-7-17)12(18)8-11(9-14)20-3/h11H,4-10,14H2,1-3H3. The summed E-state index contributed by atoms with van der Waals surface area (Å²) in [6.07, 6.45) is 0.0782. The second kappa shape index (κ2) is 8.18. The van der Waals surface area contributed by atoms with Gasteiger partial charge in [0.25, 0.3) is 0 Å². The molecule has 1 aliphatic heterocycles. The molecule has 0 bridgehead atoms. The molecule has 0 aliphatic carbocycles. The van der Waals surface area contributed by atoms with Crippen LogP contribution in [0.4, 0.5) is 0 Å². The Kier molecular flexibility index (Phi) is 6.90. The van der Waals surface area contributed by atoms with Crippen LogP contribution in [-0.2, 0) is 14.3 Å². The average molecular weight is 286 g/mol. The van der Waals surface area contributed by atoms with Crippen LogP contribution in [0, 0.1) is 0 Å². The molecule has 7 nitrogen and oxygen atoms in total. The highest BCUT2D eigenvalue weighted by Crippen LogP contribution is 2.07. The lowest BCUT2D eigenvalue weighted by Crippen LogP contribution is -2.52. The normalized spacial score (nSPS) is 17.4. The number of hydrogen-bond donors (Lipinski definition) is 1. The zero-order valence-corrected chi connectivity index (χ0v) is 12.7. The fraction of sp³-hybridized carbons (Fsp3) is 0.846. The Morgan fingerprint density at radius 2 is 1.65 bits per heavy atom. The first-order chi connectivity index (χ1) is 9.47. The third-order valence-electron chi connectivity index (χ3n) is 3.44. The molecule has 0 saturated carbocycles. The minimum absolute atomic E-state index is 0.0435. The van der Waals surface area contributed by atoms with E-state index in [0.29, 0.717) is 45.7 Å². The van der Waals surface area contributed by atoms with E-state index < -0.39 is 0 Å². The van der Waals surface area contributed by atoms with Crippen LogP contribution in [0.3, 0.4) is 0 Å². The second-order valence-corrected chi connectivity index (χ2v) is 5.30. The van der Waals surface area contributed by atoms with Crippen LogP contribution in [0.5, 0.6) is 0 Å². The van der Waals surface area contributed by atoms with Gasteiger partial charge in [-0.3, -0.25) is 9.59 Å². The van der Waals surface area contributed by atoms with E-state index >= 15 is 0 Å². The molecule has 0 radical (unpaired) electrons. The number of piperazine rings is 1. The van der Waals surface area contributed by atoms with Crippen molar-refractivity contribution in [3.63, 3.8) is 0 Å². The summed E-state index contributed by atoms with van der Waals surface area (Å²) < 4.78 is 5.12. The summed E-state index contributed by atoms with van der Waals surface area (Å²) in [5.41, 5.74) is 5.52. The van der Waals surface area contributed by atoms with E-state index in [1.165, 1.54) is 0 Å². The van der Waals surface area contributed by atoms with Crippen molar-refractivity contribution >= 4 is 11.8 Å². The number of nitrogens with zero attached hydrogens (tertiary/aromatic N) is 3. The Bertz CT molecular complexity index is 324. The van der Waals surface area contributed by atoms with Gasteiger partial charge in [0.15, 0.2) is 0 Å². The largest absolute Gasteiger partial charge is 0.380 e. The molecule has 7 heteroatoms. The summed E-state index contributed by atoms with van der Waals surface area (Å²) in [6.45, 7) is 3.10. The summed E-state index contributed by atoms with van der Waals surface area (Å²) in [6, 6.07) is 0. The highest BCUT2D eigenvalue weighted by molar-refractivity contribution is 5.79.